The van der Waals surface area contributed by atoms with E-state index >= 15 is 0 Å². The zero-order valence-electron chi connectivity index (χ0n) is 10.4. The van der Waals surface area contributed by atoms with Crippen LogP contribution in [0.3, 0.4) is 0 Å². The lowest BCUT2D eigenvalue weighted by Crippen LogP contribution is -2.29. The van der Waals surface area contributed by atoms with Gasteiger partial charge in [-0.05, 0) is 25.0 Å². The first-order valence-electron chi connectivity index (χ1n) is 6.37. The van der Waals surface area contributed by atoms with Crippen molar-refractivity contribution in [2.24, 2.45) is 0 Å². The van der Waals surface area contributed by atoms with E-state index in [9.17, 15) is 4.79 Å². The Morgan fingerprint density at radius 2 is 2.22 bits per heavy atom. The minimum Gasteiger partial charge on any atom is -0.397 e. The predicted octanol–water partition coefficient (Wildman–Crippen LogP) is 1.35. The maximum absolute atomic E-state index is 11.7. The molecule has 5 nitrogen and oxygen atoms in total. The average Bonchev–Trinajstić information content (AvgIpc) is 2.88. The van der Waals surface area contributed by atoms with Crippen LogP contribution in [0.25, 0.3) is 0 Å². The van der Waals surface area contributed by atoms with Crippen molar-refractivity contribution in [2.45, 2.75) is 31.8 Å². The van der Waals surface area contributed by atoms with Gasteiger partial charge in [-0.1, -0.05) is 12.8 Å². The Bertz CT molecular complexity index is 386. The van der Waals surface area contributed by atoms with Crippen molar-refractivity contribution in [2.75, 3.05) is 18.9 Å². The van der Waals surface area contributed by atoms with Crippen LogP contribution in [0, 0.1) is 0 Å². The fourth-order valence-corrected chi connectivity index (χ4v) is 2.08. The monoisotopic (exact) mass is 249 g/mol. The van der Waals surface area contributed by atoms with E-state index < -0.39 is 0 Å². The molecule has 0 atom stereocenters. The summed E-state index contributed by atoms with van der Waals surface area (Å²) in [5.74, 6) is -0.190. The molecule has 0 saturated heterocycles. The van der Waals surface area contributed by atoms with Crippen LogP contribution >= 0.6 is 0 Å². The molecule has 0 bridgehead atoms. The van der Waals surface area contributed by atoms with E-state index in [4.69, 9.17) is 10.5 Å². The van der Waals surface area contributed by atoms with Crippen LogP contribution in [-0.2, 0) is 4.74 Å². The number of anilines is 1. The summed E-state index contributed by atoms with van der Waals surface area (Å²) < 4.78 is 5.65. The first-order chi connectivity index (χ1) is 8.75. The highest BCUT2D eigenvalue weighted by atomic mass is 16.5. The number of carbonyl (C=O) groups is 1. The SMILES string of the molecule is Nc1ccc(C(=O)NCCOC2CCCC2)nc1. The number of carbonyl (C=O) groups excluding carboxylic acids is 1. The van der Waals surface area contributed by atoms with Gasteiger partial charge in [0.25, 0.3) is 5.91 Å². The summed E-state index contributed by atoms with van der Waals surface area (Å²) >= 11 is 0. The summed E-state index contributed by atoms with van der Waals surface area (Å²) in [7, 11) is 0. The van der Waals surface area contributed by atoms with Crippen LogP contribution in [0.4, 0.5) is 5.69 Å². The van der Waals surface area contributed by atoms with E-state index in [1.807, 2.05) is 0 Å². The van der Waals surface area contributed by atoms with Crippen LogP contribution in [-0.4, -0.2) is 30.1 Å². The highest BCUT2D eigenvalue weighted by molar-refractivity contribution is 5.92. The van der Waals surface area contributed by atoms with Crippen LogP contribution in [0.2, 0.25) is 0 Å². The van der Waals surface area contributed by atoms with Crippen LogP contribution in [0.1, 0.15) is 36.2 Å². The largest absolute Gasteiger partial charge is 0.397 e. The van der Waals surface area contributed by atoms with Crippen LogP contribution < -0.4 is 11.1 Å². The molecule has 1 aliphatic rings. The summed E-state index contributed by atoms with van der Waals surface area (Å²) in [6.07, 6.45) is 6.67. The molecule has 5 heteroatoms. The Balaban J connectivity index is 1.66. The van der Waals surface area contributed by atoms with Gasteiger partial charge >= 0.3 is 0 Å². The molecule has 2 rings (SSSR count). The molecular weight excluding hydrogens is 230 g/mol. The van der Waals surface area contributed by atoms with Crippen LogP contribution in [0.15, 0.2) is 18.3 Å². The number of nitrogens with two attached hydrogens (primary N) is 1. The quantitative estimate of drug-likeness (QED) is 0.772. The van der Waals surface area contributed by atoms with E-state index in [1.165, 1.54) is 19.0 Å². The second-order valence-corrected chi connectivity index (χ2v) is 4.51. The van der Waals surface area contributed by atoms with Crippen molar-refractivity contribution in [1.29, 1.82) is 0 Å². The molecule has 0 spiro atoms. The Morgan fingerprint density at radius 1 is 1.44 bits per heavy atom. The second kappa shape index (κ2) is 6.35. The van der Waals surface area contributed by atoms with E-state index in [0.29, 0.717) is 30.6 Å². The molecule has 0 radical (unpaired) electrons. The van der Waals surface area contributed by atoms with E-state index in [0.717, 1.165) is 12.8 Å². The third-order valence-corrected chi connectivity index (χ3v) is 3.06. The zero-order chi connectivity index (χ0) is 12.8. The second-order valence-electron chi connectivity index (χ2n) is 4.51. The number of hydrogen-bond acceptors (Lipinski definition) is 4. The van der Waals surface area contributed by atoms with Crippen molar-refractivity contribution >= 4 is 11.6 Å². The molecule has 1 aromatic rings. The molecule has 1 aromatic heterocycles. The minimum atomic E-state index is -0.190. The molecule has 3 N–H and O–H groups in total. The maximum Gasteiger partial charge on any atom is 0.269 e. The fourth-order valence-electron chi connectivity index (χ4n) is 2.08. The van der Waals surface area contributed by atoms with Crippen molar-refractivity contribution in [3.05, 3.63) is 24.0 Å². The van der Waals surface area contributed by atoms with Gasteiger partial charge in [0.15, 0.2) is 0 Å². The number of nitrogens with zero attached hydrogens (tertiary/aromatic N) is 1. The number of aromatic nitrogens is 1. The zero-order valence-corrected chi connectivity index (χ0v) is 10.4. The number of pyridine rings is 1. The lowest BCUT2D eigenvalue weighted by atomic mass is 10.3. The summed E-state index contributed by atoms with van der Waals surface area (Å²) in [6, 6.07) is 3.28. The highest BCUT2D eigenvalue weighted by Gasteiger charge is 2.15. The number of nitrogen functional groups attached to an aromatic ring is 1. The fraction of sp³-hybridized carbons (Fsp3) is 0.538. The Labute approximate surface area is 107 Å². The number of rotatable bonds is 5. The van der Waals surface area contributed by atoms with Gasteiger partial charge in [0, 0.05) is 6.54 Å². The number of hydrogen-bond donors (Lipinski definition) is 2. The van der Waals surface area contributed by atoms with Crippen molar-refractivity contribution < 1.29 is 9.53 Å². The molecule has 1 amide bonds. The van der Waals surface area contributed by atoms with Gasteiger partial charge in [-0.15, -0.1) is 0 Å². The topological polar surface area (TPSA) is 77.2 Å². The third kappa shape index (κ3) is 3.70. The summed E-state index contributed by atoms with van der Waals surface area (Å²) in [4.78, 5) is 15.6. The number of amides is 1. The first kappa shape index (κ1) is 12.8. The molecule has 1 saturated carbocycles. The van der Waals surface area contributed by atoms with Gasteiger partial charge in [-0.3, -0.25) is 4.79 Å². The predicted molar refractivity (Wildman–Crippen MR) is 69.2 cm³/mol. The molecular formula is C13H19N3O2. The molecule has 1 aliphatic carbocycles. The maximum atomic E-state index is 11.7. The Hall–Kier alpha value is -1.62. The lowest BCUT2D eigenvalue weighted by Gasteiger charge is -2.11. The van der Waals surface area contributed by atoms with Gasteiger partial charge in [-0.2, -0.15) is 0 Å². The van der Waals surface area contributed by atoms with Gasteiger partial charge in [0.05, 0.1) is 24.6 Å². The lowest BCUT2D eigenvalue weighted by molar-refractivity contribution is 0.0581. The summed E-state index contributed by atoms with van der Waals surface area (Å²) in [6.45, 7) is 1.08. The molecule has 0 aromatic carbocycles. The van der Waals surface area contributed by atoms with Crippen LogP contribution in [0.5, 0.6) is 0 Å². The van der Waals surface area contributed by atoms with Gasteiger partial charge in [0.2, 0.25) is 0 Å². The van der Waals surface area contributed by atoms with Crippen molar-refractivity contribution in [1.82, 2.24) is 10.3 Å². The molecule has 98 valence electrons. The molecule has 0 aliphatic heterocycles. The van der Waals surface area contributed by atoms with Gasteiger partial charge in [-0.25, -0.2) is 4.98 Å². The van der Waals surface area contributed by atoms with Gasteiger partial charge in [0.1, 0.15) is 5.69 Å². The summed E-state index contributed by atoms with van der Waals surface area (Å²) in [5, 5.41) is 2.78. The van der Waals surface area contributed by atoms with E-state index in [-0.39, 0.29) is 5.91 Å². The molecule has 1 fully saturated rings. The normalized spacial score (nSPS) is 15.8. The molecule has 0 unspecified atom stereocenters. The number of ether oxygens (including phenoxy) is 1. The van der Waals surface area contributed by atoms with Crippen molar-refractivity contribution in [3.8, 4) is 0 Å². The number of nitrogens with one attached hydrogen (secondary N) is 1. The smallest absolute Gasteiger partial charge is 0.269 e. The molecule has 1 heterocycles. The summed E-state index contributed by atoms with van der Waals surface area (Å²) in [5.41, 5.74) is 6.44. The highest BCUT2D eigenvalue weighted by Crippen LogP contribution is 2.20. The molecule has 18 heavy (non-hydrogen) atoms. The minimum absolute atomic E-state index is 0.190. The third-order valence-electron chi connectivity index (χ3n) is 3.06. The first-order valence-corrected chi connectivity index (χ1v) is 6.37. The van der Waals surface area contributed by atoms with Gasteiger partial charge < -0.3 is 15.8 Å². The van der Waals surface area contributed by atoms with E-state index in [1.54, 1.807) is 12.1 Å². The average molecular weight is 249 g/mol. The Kier molecular flexibility index (Phi) is 4.52. The van der Waals surface area contributed by atoms with E-state index in [2.05, 4.69) is 10.3 Å². The Morgan fingerprint density at radius 3 is 2.89 bits per heavy atom. The standard InChI is InChI=1S/C13H19N3O2/c14-10-5-6-12(16-9-10)13(17)15-7-8-18-11-3-1-2-4-11/h5-6,9,11H,1-4,7-8,14H2,(H,15,17). The van der Waals surface area contributed by atoms with Crippen molar-refractivity contribution in [3.63, 3.8) is 0 Å².